The van der Waals surface area contributed by atoms with Gasteiger partial charge in [0, 0.05) is 61.7 Å². The highest BCUT2D eigenvalue weighted by Gasteiger charge is 2.25. The van der Waals surface area contributed by atoms with Gasteiger partial charge in [0.2, 0.25) is 0 Å². The molecule has 1 amide bonds. The zero-order valence-corrected chi connectivity index (χ0v) is 26.2. The number of anilines is 1. The van der Waals surface area contributed by atoms with Gasteiger partial charge in [-0.05, 0) is 30.2 Å². The quantitative estimate of drug-likeness (QED) is 0.257. The molecule has 0 unspecified atom stereocenters. The number of benzene rings is 3. The normalized spacial score (nSPS) is 16.4. The number of carbonyl (C=O) groups is 1. The summed E-state index contributed by atoms with van der Waals surface area (Å²) >= 11 is 13.7. The first-order chi connectivity index (χ1) is 21.5. The molecule has 13 heteroatoms. The highest BCUT2D eigenvalue weighted by atomic mass is 35.5. The summed E-state index contributed by atoms with van der Waals surface area (Å²) in [6.45, 7) is 0.875. The molecule has 0 radical (unpaired) electrons. The van der Waals surface area contributed by atoms with Crippen molar-refractivity contribution < 1.29 is 23.8 Å². The molecule has 236 valence electrons. The van der Waals surface area contributed by atoms with Gasteiger partial charge in [-0.25, -0.2) is 9.18 Å². The molecule has 1 aliphatic rings. The molecule has 1 fully saturated rings. The number of rotatable bonds is 8. The molecule has 10 nitrogen and oxygen atoms in total. The number of nitrogens with one attached hydrogen (secondary N) is 2. The summed E-state index contributed by atoms with van der Waals surface area (Å²) in [7, 11) is 4.17. The van der Waals surface area contributed by atoms with Crippen molar-refractivity contribution in [2.45, 2.75) is 25.1 Å². The molecule has 0 bridgehead atoms. The molecule has 0 spiro atoms. The molecule has 0 aliphatic carbocycles. The fourth-order valence-electron chi connectivity index (χ4n) is 5.27. The Kier molecular flexibility index (Phi) is 9.76. The van der Waals surface area contributed by atoms with Crippen LogP contribution in [0.5, 0.6) is 5.75 Å². The molecule has 1 saturated heterocycles. The van der Waals surface area contributed by atoms with Crippen molar-refractivity contribution in [2.75, 3.05) is 25.6 Å². The van der Waals surface area contributed by atoms with Crippen LogP contribution >= 0.6 is 23.2 Å². The lowest BCUT2D eigenvalue weighted by atomic mass is 9.97. The van der Waals surface area contributed by atoms with Crippen LogP contribution in [0.2, 0.25) is 10.0 Å². The van der Waals surface area contributed by atoms with Gasteiger partial charge in [0.1, 0.15) is 17.1 Å². The predicted molar refractivity (Wildman–Crippen MR) is 171 cm³/mol. The van der Waals surface area contributed by atoms with Gasteiger partial charge in [-0.15, -0.1) is 0 Å². The van der Waals surface area contributed by atoms with Crippen molar-refractivity contribution in [3.8, 4) is 28.0 Å². The number of nitrogens with zero attached hydrogens (tertiary/aromatic N) is 2. The minimum atomic E-state index is -0.746. The van der Waals surface area contributed by atoms with Crippen molar-refractivity contribution in [2.24, 2.45) is 14.1 Å². The van der Waals surface area contributed by atoms with E-state index in [2.05, 4.69) is 10.6 Å². The minimum Gasteiger partial charge on any atom is -0.496 e. The van der Waals surface area contributed by atoms with Crippen LogP contribution in [0.1, 0.15) is 22.3 Å². The Morgan fingerprint density at radius 2 is 1.78 bits per heavy atom. The van der Waals surface area contributed by atoms with Crippen LogP contribution in [0.25, 0.3) is 22.3 Å². The van der Waals surface area contributed by atoms with Crippen LogP contribution in [-0.2, 0) is 25.4 Å². The molecule has 45 heavy (non-hydrogen) atoms. The predicted octanol–water partition coefficient (Wildman–Crippen LogP) is 4.36. The first-order valence-corrected chi connectivity index (χ1v) is 14.8. The SMILES string of the molecule is COc1cc(-c2cccc(-c3cccc(NC(=O)c4cn(C)c(=O)n(C)c4=O)c3Cl)c2Cl)cc(F)c1CN[C@H]1CCOC[C@H]1O. The zero-order valence-electron chi connectivity index (χ0n) is 24.7. The first-order valence-electron chi connectivity index (χ1n) is 14.0. The maximum atomic E-state index is 15.5. The number of ether oxygens (including phenoxy) is 2. The van der Waals surface area contributed by atoms with Crippen molar-refractivity contribution in [1.29, 1.82) is 0 Å². The van der Waals surface area contributed by atoms with Gasteiger partial charge in [0.15, 0.2) is 0 Å². The van der Waals surface area contributed by atoms with Crippen LogP contribution in [0, 0.1) is 5.82 Å². The third-order valence-corrected chi connectivity index (χ3v) is 8.59. The highest BCUT2D eigenvalue weighted by molar-refractivity contribution is 6.39. The second-order valence-electron chi connectivity index (χ2n) is 10.6. The van der Waals surface area contributed by atoms with Crippen molar-refractivity contribution >= 4 is 34.8 Å². The second-order valence-corrected chi connectivity index (χ2v) is 11.4. The van der Waals surface area contributed by atoms with Gasteiger partial charge in [-0.1, -0.05) is 53.5 Å². The summed E-state index contributed by atoms with van der Waals surface area (Å²) in [5.41, 5.74) is 0.975. The molecule has 2 heterocycles. The van der Waals surface area contributed by atoms with Crippen molar-refractivity contribution in [3.05, 3.63) is 103 Å². The molecule has 5 rings (SSSR count). The topological polar surface area (TPSA) is 124 Å². The van der Waals surface area contributed by atoms with Crippen LogP contribution in [-0.4, -0.2) is 52.6 Å². The lowest BCUT2D eigenvalue weighted by Crippen LogP contribution is -2.46. The molecule has 1 aliphatic heterocycles. The largest absolute Gasteiger partial charge is 0.496 e. The Morgan fingerprint density at radius 3 is 2.49 bits per heavy atom. The van der Waals surface area contributed by atoms with E-state index < -0.39 is 29.1 Å². The van der Waals surface area contributed by atoms with E-state index in [1.807, 2.05) is 0 Å². The third kappa shape index (κ3) is 6.54. The van der Waals surface area contributed by atoms with Crippen LogP contribution in [0.4, 0.5) is 10.1 Å². The van der Waals surface area contributed by atoms with Gasteiger partial charge in [-0.3, -0.25) is 14.2 Å². The number of hydrogen-bond donors (Lipinski definition) is 3. The van der Waals surface area contributed by atoms with Gasteiger partial charge in [0.25, 0.3) is 11.5 Å². The fraction of sp³-hybridized carbons (Fsp3) is 0.281. The number of aliphatic hydroxyl groups is 1. The van der Waals surface area contributed by atoms with Gasteiger partial charge in [-0.2, -0.15) is 0 Å². The second kappa shape index (κ2) is 13.6. The Hall–Kier alpha value is -4.00. The smallest absolute Gasteiger partial charge is 0.330 e. The summed E-state index contributed by atoms with van der Waals surface area (Å²) in [5.74, 6) is -0.937. The molecule has 1 aromatic heterocycles. The molecule has 2 atom stereocenters. The number of aliphatic hydroxyl groups excluding tert-OH is 1. The van der Waals surface area contributed by atoms with Crippen molar-refractivity contribution in [3.63, 3.8) is 0 Å². The zero-order chi connectivity index (χ0) is 32.4. The van der Waals surface area contributed by atoms with Crippen LogP contribution < -0.4 is 26.6 Å². The Labute approximate surface area is 267 Å². The van der Waals surface area contributed by atoms with Gasteiger partial charge >= 0.3 is 5.69 Å². The van der Waals surface area contributed by atoms with Crippen LogP contribution in [0.15, 0.2) is 64.3 Å². The number of aryl methyl sites for hydroxylation is 1. The van der Waals surface area contributed by atoms with E-state index in [1.165, 1.54) is 33.5 Å². The Bertz CT molecular complexity index is 1890. The highest BCUT2D eigenvalue weighted by Crippen LogP contribution is 2.42. The van der Waals surface area contributed by atoms with E-state index in [4.69, 9.17) is 32.7 Å². The van der Waals surface area contributed by atoms with E-state index in [0.717, 1.165) is 9.13 Å². The maximum absolute atomic E-state index is 15.5. The fourth-order valence-corrected chi connectivity index (χ4v) is 5.88. The summed E-state index contributed by atoms with van der Waals surface area (Å²) in [6.07, 6.45) is 1.08. The number of methoxy groups -OCH3 is 1. The standard InChI is InChI=1S/C32H31Cl2FN4O6/c1-38-15-22(31(42)39(2)32(38)43)30(41)37-25-9-5-8-20(29(25)34)19-7-4-6-18(28(19)33)17-12-23(35)21(27(13-17)44-3)14-36-24-10-11-45-16-26(24)40/h4-9,12-13,15,24,26,36,40H,10-11,14,16H2,1-3H3,(H,37,41)/t24-,26+/m0/s1. The lowest BCUT2D eigenvalue weighted by molar-refractivity contribution is -0.0281. The first kappa shape index (κ1) is 32.4. The van der Waals surface area contributed by atoms with Gasteiger partial charge in [0.05, 0.1) is 35.6 Å². The van der Waals surface area contributed by atoms with Crippen LogP contribution in [0.3, 0.4) is 0 Å². The summed E-state index contributed by atoms with van der Waals surface area (Å²) in [5, 5.41) is 16.5. The summed E-state index contributed by atoms with van der Waals surface area (Å²) in [6, 6.07) is 13.0. The molecule has 3 aromatic carbocycles. The number of aromatic nitrogens is 2. The van der Waals surface area contributed by atoms with E-state index in [1.54, 1.807) is 42.5 Å². The molecule has 0 saturated carbocycles. The van der Waals surface area contributed by atoms with Gasteiger partial charge < -0.3 is 29.8 Å². The van der Waals surface area contributed by atoms with E-state index in [-0.39, 0.29) is 40.5 Å². The Balaban J connectivity index is 1.45. The van der Waals surface area contributed by atoms with E-state index in [0.29, 0.717) is 46.6 Å². The number of hydrogen-bond acceptors (Lipinski definition) is 7. The minimum absolute atomic E-state index is 0.143. The van der Waals surface area contributed by atoms with Crippen molar-refractivity contribution in [1.82, 2.24) is 14.5 Å². The lowest BCUT2D eigenvalue weighted by Gasteiger charge is -2.29. The summed E-state index contributed by atoms with van der Waals surface area (Å²) < 4.78 is 28.3. The van der Waals surface area contributed by atoms with E-state index >= 15 is 4.39 Å². The third-order valence-electron chi connectivity index (χ3n) is 7.78. The average molecular weight is 658 g/mol. The molecule has 3 N–H and O–H groups in total. The molecular formula is C32H31Cl2FN4O6. The maximum Gasteiger partial charge on any atom is 0.330 e. The number of halogens is 3. The summed E-state index contributed by atoms with van der Waals surface area (Å²) in [4.78, 5) is 37.6. The Morgan fingerprint density at radius 1 is 1.09 bits per heavy atom. The molecule has 4 aromatic rings. The number of carbonyl (C=O) groups excluding carboxylic acids is 1. The molecular weight excluding hydrogens is 626 g/mol. The average Bonchev–Trinajstić information content (AvgIpc) is 3.02. The van der Waals surface area contributed by atoms with E-state index in [9.17, 15) is 19.5 Å². The monoisotopic (exact) mass is 656 g/mol. The number of amides is 1.